The van der Waals surface area contributed by atoms with Crippen LogP contribution in [0.4, 0.5) is 0 Å². The van der Waals surface area contributed by atoms with Gasteiger partial charge >= 0.3 is 5.97 Å². The molecule has 4 bridgehead atoms. The van der Waals surface area contributed by atoms with E-state index in [1.807, 2.05) is 13.8 Å². The van der Waals surface area contributed by atoms with E-state index in [1.165, 1.54) is 0 Å². The second-order valence-corrected chi connectivity index (χ2v) is 9.11. The number of aliphatic hydroxyl groups is 1. The Labute approximate surface area is 139 Å². The monoisotopic (exact) mass is 321 g/mol. The fourth-order valence-electron chi connectivity index (χ4n) is 5.64. The summed E-state index contributed by atoms with van der Waals surface area (Å²) in [5.74, 6) is 0.504. The van der Waals surface area contributed by atoms with E-state index < -0.39 is 16.6 Å². The highest BCUT2D eigenvalue weighted by atomic mass is 16.6. The lowest BCUT2D eigenvalue weighted by Gasteiger charge is -2.63. The molecule has 0 aliphatic heterocycles. The van der Waals surface area contributed by atoms with Gasteiger partial charge in [0.2, 0.25) is 0 Å². The van der Waals surface area contributed by atoms with Gasteiger partial charge in [0.1, 0.15) is 5.60 Å². The normalized spacial score (nSPS) is 44.2. The summed E-state index contributed by atoms with van der Waals surface area (Å²) in [5.41, 5.74) is -2.05. The van der Waals surface area contributed by atoms with Gasteiger partial charge in [-0.05, 0) is 51.2 Å². The van der Waals surface area contributed by atoms with Gasteiger partial charge in [-0.2, -0.15) is 0 Å². The second-order valence-electron chi connectivity index (χ2n) is 9.11. The van der Waals surface area contributed by atoms with E-state index in [0.29, 0.717) is 18.8 Å². The number of rotatable bonds is 5. The highest BCUT2D eigenvalue weighted by molar-refractivity contribution is 5.77. The summed E-state index contributed by atoms with van der Waals surface area (Å²) >= 11 is 0. The molecule has 0 aromatic rings. The van der Waals surface area contributed by atoms with Gasteiger partial charge in [-0.25, -0.2) is 0 Å². The zero-order chi connectivity index (χ0) is 17.1. The Kier molecular flexibility index (Phi) is 3.72. The van der Waals surface area contributed by atoms with Crippen molar-refractivity contribution in [2.24, 2.45) is 22.2 Å². The summed E-state index contributed by atoms with van der Waals surface area (Å²) in [6.07, 6.45) is 5.40. The molecule has 4 saturated carbocycles. The average molecular weight is 321 g/mol. The molecule has 0 aromatic carbocycles. The van der Waals surface area contributed by atoms with Crippen LogP contribution in [0, 0.1) is 17.3 Å². The number of carbonyl (C=O) groups is 1. The molecule has 0 spiro atoms. The fraction of sp³-hybridized carbons (Fsp3) is 0.895. The molecule has 5 atom stereocenters. The van der Waals surface area contributed by atoms with Crippen LogP contribution in [0.15, 0.2) is 4.99 Å². The van der Waals surface area contributed by atoms with E-state index in [0.717, 1.165) is 32.1 Å². The summed E-state index contributed by atoms with van der Waals surface area (Å²) < 4.78 is 6.17. The summed E-state index contributed by atoms with van der Waals surface area (Å²) in [7, 11) is 0. The second kappa shape index (κ2) is 5.05. The van der Waals surface area contributed by atoms with Crippen LogP contribution in [0.3, 0.4) is 0 Å². The Morgan fingerprint density at radius 2 is 2.04 bits per heavy atom. The number of carbonyl (C=O) groups excluding carboxylic acids is 1. The molecule has 4 heteroatoms. The SMILES string of the molecule is C=NC12CC3CC(O)(C1)CC(OC(=O)C(C)(CC)C(C)C)(C3)C2. The third kappa shape index (κ3) is 2.54. The Bertz CT molecular complexity index is 533. The molecule has 1 N–H and O–H groups in total. The van der Waals surface area contributed by atoms with E-state index in [9.17, 15) is 9.90 Å². The smallest absolute Gasteiger partial charge is 0.312 e. The van der Waals surface area contributed by atoms with Gasteiger partial charge in [-0.3, -0.25) is 9.79 Å². The first-order valence-electron chi connectivity index (χ1n) is 9.04. The lowest BCUT2D eigenvalue weighted by molar-refractivity contribution is -0.230. The van der Waals surface area contributed by atoms with Crippen LogP contribution in [0.1, 0.15) is 72.6 Å². The lowest BCUT2D eigenvalue weighted by atomic mass is 9.49. The van der Waals surface area contributed by atoms with E-state index >= 15 is 0 Å². The number of hydrogen-bond acceptors (Lipinski definition) is 4. The van der Waals surface area contributed by atoms with E-state index in [1.54, 1.807) is 0 Å². The third-order valence-electron chi connectivity index (χ3n) is 7.08. The van der Waals surface area contributed by atoms with Crippen molar-refractivity contribution in [3.63, 3.8) is 0 Å². The zero-order valence-corrected chi connectivity index (χ0v) is 15.0. The van der Waals surface area contributed by atoms with Gasteiger partial charge in [0.25, 0.3) is 0 Å². The Hall–Kier alpha value is -0.900. The Morgan fingerprint density at radius 1 is 1.35 bits per heavy atom. The predicted molar refractivity (Wildman–Crippen MR) is 90.5 cm³/mol. The molecule has 0 radical (unpaired) electrons. The van der Waals surface area contributed by atoms with Gasteiger partial charge in [0.05, 0.1) is 16.6 Å². The molecule has 0 saturated heterocycles. The van der Waals surface area contributed by atoms with Crippen molar-refractivity contribution in [1.29, 1.82) is 0 Å². The summed E-state index contributed by atoms with van der Waals surface area (Å²) in [6, 6.07) is 0. The zero-order valence-electron chi connectivity index (χ0n) is 15.0. The molecule has 4 aliphatic rings. The van der Waals surface area contributed by atoms with E-state index in [4.69, 9.17) is 4.74 Å². The van der Waals surface area contributed by atoms with E-state index in [-0.39, 0.29) is 17.4 Å². The van der Waals surface area contributed by atoms with Crippen molar-refractivity contribution in [1.82, 2.24) is 0 Å². The van der Waals surface area contributed by atoms with Crippen LogP contribution in [-0.4, -0.2) is 34.5 Å². The van der Waals surface area contributed by atoms with Gasteiger partial charge in [-0.1, -0.05) is 20.8 Å². The van der Waals surface area contributed by atoms with Crippen LogP contribution in [-0.2, 0) is 9.53 Å². The van der Waals surface area contributed by atoms with Crippen molar-refractivity contribution in [3.8, 4) is 0 Å². The van der Waals surface area contributed by atoms with Crippen molar-refractivity contribution >= 4 is 12.7 Å². The molecule has 0 heterocycles. The topological polar surface area (TPSA) is 58.9 Å². The minimum absolute atomic E-state index is 0.111. The van der Waals surface area contributed by atoms with Crippen molar-refractivity contribution < 1.29 is 14.6 Å². The molecule has 0 amide bonds. The first-order chi connectivity index (χ1) is 10.6. The first-order valence-corrected chi connectivity index (χ1v) is 9.04. The van der Waals surface area contributed by atoms with Gasteiger partial charge in [-0.15, -0.1) is 0 Å². The quantitative estimate of drug-likeness (QED) is 0.623. The number of esters is 1. The van der Waals surface area contributed by atoms with Crippen LogP contribution in [0.25, 0.3) is 0 Å². The molecular weight excluding hydrogens is 290 g/mol. The van der Waals surface area contributed by atoms with Gasteiger partial charge < -0.3 is 9.84 Å². The first kappa shape index (κ1) is 16.9. The number of hydrogen-bond donors (Lipinski definition) is 1. The standard InChI is InChI=1S/C19H31NO3/c1-6-16(4,13(2)3)15(21)23-19-9-14-7-17(11-19,20-5)10-18(22,8-14)12-19/h13-14,22H,5-12H2,1-4H3. The summed E-state index contributed by atoms with van der Waals surface area (Å²) in [6.45, 7) is 12.0. The van der Waals surface area contributed by atoms with Gasteiger partial charge in [0, 0.05) is 19.3 Å². The van der Waals surface area contributed by atoms with Crippen LogP contribution >= 0.6 is 0 Å². The summed E-state index contributed by atoms with van der Waals surface area (Å²) in [5, 5.41) is 11.0. The highest BCUT2D eigenvalue weighted by Crippen LogP contribution is 2.62. The third-order valence-corrected chi connectivity index (χ3v) is 7.08. The maximum atomic E-state index is 13.0. The number of aliphatic imine (C=N–C) groups is 1. The fourth-order valence-corrected chi connectivity index (χ4v) is 5.64. The molecule has 4 rings (SSSR count). The van der Waals surface area contributed by atoms with Crippen molar-refractivity contribution in [2.45, 2.75) is 89.4 Å². The van der Waals surface area contributed by atoms with Crippen LogP contribution in [0.2, 0.25) is 0 Å². The molecular formula is C19H31NO3. The largest absolute Gasteiger partial charge is 0.458 e. The van der Waals surface area contributed by atoms with Crippen molar-refractivity contribution in [3.05, 3.63) is 0 Å². The molecule has 4 nitrogen and oxygen atoms in total. The molecule has 5 unspecified atom stereocenters. The van der Waals surface area contributed by atoms with Crippen LogP contribution in [0.5, 0.6) is 0 Å². The molecule has 0 aromatic heterocycles. The molecule has 130 valence electrons. The summed E-state index contributed by atoms with van der Waals surface area (Å²) in [4.78, 5) is 17.4. The molecule has 4 aliphatic carbocycles. The minimum atomic E-state index is -0.735. The lowest BCUT2D eigenvalue weighted by Crippen LogP contribution is -2.66. The van der Waals surface area contributed by atoms with Gasteiger partial charge in [0.15, 0.2) is 0 Å². The number of ether oxygens (including phenoxy) is 1. The van der Waals surface area contributed by atoms with Crippen molar-refractivity contribution in [2.75, 3.05) is 0 Å². The minimum Gasteiger partial charge on any atom is -0.458 e. The van der Waals surface area contributed by atoms with E-state index in [2.05, 4.69) is 25.6 Å². The maximum absolute atomic E-state index is 13.0. The molecule has 4 fully saturated rings. The maximum Gasteiger partial charge on any atom is 0.312 e. The predicted octanol–water partition coefficient (Wildman–Crippen LogP) is 3.51. The Morgan fingerprint density at radius 3 is 2.57 bits per heavy atom. The number of nitrogens with zero attached hydrogens (tertiary/aromatic N) is 1. The Balaban J connectivity index is 1.88. The molecule has 23 heavy (non-hydrogen) atoms. The highest BCUT2D eigenvalue weighted by Gasteiger charge is 2.65. The average Bonchev–Trinajstić information content (AvgIpc) is 2.42. The van der Waals surface area contributed by atoms with Crippen LogP contribution < -0.4 is 0 Å².